The van der Waals surface area contributed by atoms with E-state index in [2.05, 4.69) is 63.1 Å². The maximum atomic E-state index is 13.7. The van der Waals surface area contributed by atoms with E-state index in [1.807, 2.05) is 43.7 Å². The molecule has 4 N–H and O–H groups in total. The molecular weight excluding hydrogens is 725 g/mol. The van der Waals surface area contributed by atoms with E-state index in [-0.39, 0.29) is 35.7 Å². The summed E-state index contributed by atoms with van der Waals surface area (Å²) in [6.07, 6.45) is 6.32. The van der Waals surface area contributed by atoms with E-state index in [0.29, 0.717) is 19.5 Å². The second kappa shape index (κ2) is 16.8. The smallest absolute Gasteiger partial charge is 0.407 e. The largest absolute Gasteiger partial charge is 0.453 e. The van der Waals surface area contributed by atoms with Crippen molar-refractivity contribution in [2.24, 2.45) is 11.8 Å². The fourth-order valence-corrected chi connectivity index (χ4v) is 8.51. The fourth-order valence-electron chi connectivity index (χ4n) is 8.51. The number of carbonyl (C=O) groups excluding carboxylic acids is 4. The van der Waals surface area contributed by atoms with Gasteiger partial charge in [-0.25, -0.2) is 19.6 Å². The SMILES string of the molecule is COC(=O)N[C@H](C(=O)N1CCC[C@H]1c1ncc(-c2ccc(-c3ccc4c(c3)Cc3nc([C@@H]5CCCN5C(=O)[C@@H](NC(=O)OC)C(C)C)[nH]c3CC4)cc2)[nH]1)C(C)C. The Morgan fingerprint density at radius 2 is 1.28 bits per heavy atom. The summed E-state index contributed by atoms with van der Waals surface area (Å²) in [5.74, 6) is 1.09. The third-order valence-electron chi connectivity index (χ3n) is 11.7. The molecule has 57 heavy (non-hydrogen) atoms. The molecule has 0 radical (unpaired) electrons. The van der Waals surface area contributed by atoms with Crippen LogP contribution in [0.2, 0.25) is 0 Å². The van der Waals surface area contributed by atoms with Gasteiger partial charge >= 0.3 is 12.2 Å². The van der Waals surface area contributed by atoms with Crippen molar-refractivity contribution < 1.29 is 28.7 Å². The van der Waals surface area contributed by atoms with E-state index in [1.165, 1.54) is 25.3 Å². The molecule has 3 aliphatic rings. The summed E-state index contributed by atoms with van der Waals surface area (Å²) in [5.41, 5.74) is 8.75. The summed E-state index contributed by atoms with van der Waals surface area (Å²) in [7, 11) is 2.60. The number of hydrogen-bond acceptors (Lipinski definition) is 8. The number of rotatable bonds is 10. The van der Waals surface area contributed by atoms with Crippen LogP contribution in [0.1, 0.15) is 99.6 Å². The van der Waals surface area contributed by atoms with Crippen molar-refractivity contribution in [1.29, 1.82) is 0 Å². The minimum absolute atomic E-state index is 0.0964. The normalized spacial score (nSPS) is 18.8. The summed E-state index contributed by atoms with van der Waals surface area (Å²) in [6, 6.07) is 13.3. The molecule has 14 heteroatoms. The topological polar surface area (TPSA) is 175 Å². The summed E-state index contributed by atoms with van der Waals surface area (Å²) in [4.78, 5) is 71.9. The number of aromatic amines is 2. The minimum Gasteiger partial charge on any atom is -0.453 e. The number of carbonyl (C=O) groups is 4. The number of nitrogens with one attached hydrogen (secondary N) is 4. The minimum atomic E-state index is -0.686. The van der Waals surface area contributed by atoms with Crippen LogP contribution in [0.5, 0.6) is 0 Å². The van der Waals surface area contributed by atoms with Crippen molar-refractivity contribution in [1.82, 2.24) is 40.4 Å². The molecule has 2 aliphatic heterocycles. The molecule has 2 saturated heterocycles. The second-order valence-electron chi connectivity index (χ2n) is 16.1. The Kier molecular flexibility index (Phi) is 11.7. The van der Waals surface area contributed by atoms with Gasteiger partial charge in [-0.15, -0.1) is 0 Å². The third-order valence-corrected chi connectivity index (χ3v) is 11.7. The molecule has 0 saturated carbocycles. The van der Waals surface area contributed by atoms with Gasteiger partial charge in [-0.1, -0.05) is 70.2 Å². The van der Waals surface area contributed by atoms with Crippen LogP contribution in [0.25, 0.3) is 22.4 Å². The number of alkyl carbamates (subject to hydrolysis) is 2. The van der Waals surface area contributed by atoms with Gasteiger partial charge in [0.05, 0.1) is 43.9 Å². The molecule has 302 valence electrons. The number of aryl methyl sites for hydroxylation is 2. The molecule has 2 aromatic carbocycles. The number of ether oxygens (including phenoxy) is 2. The first kappa shape index (κ1) is 39.6. The number of imidazole rings is 2. The number of hydrogen-bond donors (Lipinski definition) is 4. The van der Waals surface area contributed by atoms with Gasteiger partial charge in [0, 0.05) is 25.2 Å². The highest BCUT2D eigenvalue weighted by molar-refractivity contribution is 5.87. The average Bonchev–Trinajstić information content (AvgIpc) is 4.04. The van der Waals surface area contributed by atoms with Crippen LogP contribution in [0, 0.1) is 11.8 Å². The first-order valence-corrected chi connectivity index (χ1v) is 20.1. The van der Waals surface area contributed by atoms with Crippen molar-refractivity contribution in [3.05, 3.63) is 82.8 Å². The zero-order valence-electron chi connectivity index (χ0n) is 33.7. The Morgan fingerprint density at radius 1 is 0.719 bits per heavy atom. The summed E-state index contributed by atoms with van der Waals surface area (Å²) >= 11 is 0. The van der Waals surface area contributed by atoms with E-state index >= 15 is 0 Å². The molecule has 2 aromatic heterocycles. The number of amides is 4. The van der Waals surface area contributed by atoms with Crippen LogP contribution in [0.3, 0.4) is 0 Å². The van der Waals surface area contributed by atoms with Gasteiger partial charge in [-0.3, -0.25) is 9.59 Å². The van der Waals surface area contributed by atoms with Crippen molar-refractivity contribution in [3.63, 3.8) is 0 Å². The molecule has 4 heterocycles. The Labute approximate surface area is 333 Å². The first-order valence-electron chi connectivity index (χ1n) is 20.1. The lowest BCUT2D eigenvalue weighted by Gasteiger charge is -2.30. The summed E-state index contributed by atoms with van der Waals surface area (Å²) < 4.78 is 9.56. The predicted molar refractivity (Wildman–Crippen MR) is 214 cm³/mol. The van der Waals surface area contributed by atoms with Crippen LogP contribution in [0.4, 0.5) is 9.59 Å². The molecule has 1 aliphatic carbocycles. The lowest BCUT2D eigenvalue weighted by atomic mass is 9.95. The monoisotopic (exact) mass is 778 g/mol. The number of likely N-dealkylation sites (tertiary alicyclic amines) is 2. The van der Waals surface area contributed by atoms with Crippen molar-refractivity contribution >= 4 is 24.0 Å². The Bertz CT molecular complexity index is 2110. The molecular formula is C43H54N8O6. The molecule has 2 fully saturated rings. The van der Waals surface area contributed by atoms with Gasteiger partial charge in [-0.05, 0) is 78.2 Å². The van der Waals surface area contributed by atoms with Crippen LogP contribution in [-0.4, -0.2) is 93.1 Å². The lowest BCUT2D eigenvalue weighted by Crippen LogP contribution is -2.51. The van der Waals surface area contributed by atoms with Crippen LogP contribution < -0.4 is 10.6 Å². The van der Waals surface area contributed by atoms with Crippen LogP contribution >= 0.6 is 0 Å². The quantitative estimate of drug-likeness (QED) is 0.146. The van der Waals surface area contributed by atoms with Gasteiger partial charge in [0.25, 0.3) is 0 Å². The number of methoxy groups -OCH3 is 2. The molecule has 7 rings (SSSR count). The number of benzene rings is 2. The van der Waals surface area contributed by atoms with Crippen LogP contribution in [0.15, 0.2) is 48.7 Å². The fraction of sp³-hybridized carbons (Fsp3) is 0.488. The zero-order chi connectivity index (χ0) is 40.4. The Balaban J connectivity index is 1.04. The Morgan fingerprint density at radius 3 is 1.86 bits per heavy atom. The maximum Gasteiger partial charge on any atom is 0.407 e. The highest BCUT2D eigenvalue weighted by Gasteiger charge is 2.39. The molecule has 4 atom stereocenters. The van der Waals surface area contributed by atoms with Crippen LogP contribution in [-0.2, 0) is 38.3 Å². The van der Waals surface area contributed by atoms with Gasteiger partial charge < -0.3 is 39.9 Å². The number of fused-ring (bicyclic) bond motifs is 2. The molecule has 0 spiro atoms. The number of H-pyrrole nitrogens is 2. The van der Waals surface area contributed by atoms with E-state index in [4.69, 9.17) is 19.4 Å². The highest BCUT2D eigenvalue weighted by Crippen LogP contribution is 2.36. The van der Waals surface area contributed by atoms with Gasteiger partial charge in [0.15, 0.2) is 0 Å². The van der Waals surface area contributed by atoms with Gasteiger partial charge in [0.2, 0.25) is 11.8 Å². The summed E-state index contributed by atoms with van der Waals surface area (Å²) in [6.45, 7) is 8.86. The van der Waals surface area contributed by atoms with Crippen molar-refractivity contribution in [2.45, 2.75) is 96.8 Å². The highest BCUT2D eigenvalue weighted by atomic mass is 16.5. The summed E-state index contributed by atoms with van der Waals surface area (Å²) in [5, 5.41) is 5.43. The van der Waals surface area contributed by atoms with E-state index in [0.717, 1.165) is 83.9 Å². The third kappa shape index (κ3) is 8.26. The van der Waals surface area contributed by atoms with Crippen molar-refractivity contribution in [3.8, 4) is 22.4 Å². The van der Waals surface area contributed by atoms with Gasteiger partial charge in [0.1, 0.15) is 23.7 Å². The molecule has 0 unspecified atom stereocenters. The van der Waals surface area contributed by atoms with Gasteiger partial charge in [-0.2, -0.15) is 0 Å². The number of nitrogens with zero attached hydrogens (tertiary/aromatic N) is 4. The molecule has 4 amide bonds. The number of aromatic nitrogens is 4. The average molecular weight is 779 g/mol. The zero-order valence-corrected chi connectivity index (χ0v) is 33.7. The molecule has 0 bridgehead atoms. The second-order valence-corrected chi connectivity index (χ2v) is 16.1. The standard InChI is InChI=1S/C43H54N8O6/c1-24(2)36(48-42(54)56-5)40(52)50-19-7-9-34(50)38-44-23-33(47-38)28-14-11-26(12-15-28)29-16-13-27-17-18-31-32(22-30(27)21-29)46-39(45-31)35-10-8-20-51(35)41(53)37(25(3)4)49-43(55)57-6/h11-16,21,23-25,34-37H,7-10,17-20,22H2,1-6H3,(H,44,47)(H,45,46)(H,48,54)(H,49,55)/t34-,35-,36-,37-/m0/s1. The van der Waals surface area contributed by atoms with E-state index in [1.54, 1.807) is 0 Å². The predicted octanol–water partition coefficient (Wildman–Crippen LogP) is 6.24. The lowest BCUT2D eigenvalue weighted by molar-refractivity contribution is -0.136. The Hall–Kier alpha value is -5.66. The first-order chi connectivity index (χ1) is 27.4. The molecule has 14 nitrogen and oxygen atoms in total. The van der Waals surface area contributed by atoms with E-state index < -0.39 is 24.3 Å². The maximum absolute atomic E-state index is 13.7. The van der Waals surface area contributed by atoms with Crippen molar-refractivity contribution in [2.75, 3.05) is 27.3 Å². The van der Waals surface area contributed by atoms with E-state index in [9.17, 15) is 19.2 Å². The molecule has 4 aromatic rings.